The fourth-order valence-corrected chi connectivity index (χ4v) is 3.21. The van der Waals surface area contributed by atoms with Gasteiger partial charge >= 0.3 is 0 Å². The van der Waals surface area contributed by atoms with Gasteiger partial charge in [-0.15, -0.1) is 11.3 Å². The number of fused-ring (bicyclic) bond motifs is 1. The molecular weight excluding hydrogens is 312 g/mol. The highest BCUT2D eigenvalue weighted by Gasteiger charge is 2.06. The van der Waals surface area contributed by atoms with E-state index >= 15 is 0 Å². The zero-order valence-electron chi connectivity index (χ0n) is 7.05. The molecule has 70 valence electrons. The van der Waals surface area contributed by atoms with Crippen molar-refractivity contribution in [1.82, 2.24) is 0 Å². The van der Waals surface area contributed by atoms with Crippen LogP contribution in [0.5, 0.6) is 0 Å². The summed E-state index contributed by atoms with van der Waals surface area (Å²) in [5.41, 5.74) is 0. The van der Waals surface area contributed by atoms with E-state index in [-0.39, 0.29) is 5.82 Å². The summed E-state index contributed by atoms with van der Waals surface area (Å²) < 4.78 is 15.0. The summed E-state index contributed by atoms with van der Waals surface area (Å²) in [5, 5.41) is 9.44. The molecule has 0 saturated heterocycles. The molecule has 1 aromatic carbocycles. The summed E-state index contributed by atoms with van der Waals surface area (Å²) in [5.74, 6) is -0.219. The van der Waals surface area contributed by atoms with Gasteiger partial charge in [-0.1, -0.05) is 0 Å². The molecule has 4 heteroatoms. The standard InChI is InChI=1S/C10H5FINS/c11-7-3-6-4-8(1-2-13)14-10(6)9(12)5-7/h3-5H,1H2. The Hall–Kier alpha value is -0.670. The van der Waals surface area contributed by atoms with Gasteiger partial charge in [0.2, 0.25) is 0 Å². The van der Waals surface area contributed by atoms with Crippen molar-refractivity contribution < 1.29 is 4.39 Å². The minimum atomic E-state index is -0.219. The first-order valence-electron chi connectivity index (χ1n) is 3.95. The van der Waals surface area contributed by atoms with Crippen LogP contribution in [0.25, 0.3) is 10.1 Å². The summed E-state index contributed by atoms with van der Waals surface area (Å²) in [4.78, 5) is 0.992. The SMILES string of the molecule is N#CCc1cc2cc(F)cc(I)c2s1. The highest BCUT2D eigenvalue weighted by Crippen LogP contribution is 2.30. The average molecular weight is 317 g/mol. The lowest BCUT2D eigenvalue weighted by Gasteiger charge is -1.93. The van der Waals surface area contributed by atoms with Crippen molar-refractivity contribution in [2.75, 3.05) is 0 Å². The van der Waals surface area contributed by atoms with E-state index in [0.29, 0.717) is 6.42 Å². The lowest BCUT2D eigenvalue weighted by molar-refractivity contribution is 0.629. The van der Waals surface area contributed by atoms with Crippen LogP contribution < -0.4 is 0 Å². The summed E-state index contributed by atoms with van der Waals surface area (Å²) >= 11 is 3.67. The Kier molecular flexibility index (Phi) is 2.70. The molecule has 0 radical (unpaired) electrons. The summed E-state index contributed by atoms with van der Waals surface area (Å²) in [6.45, 7) is 0. The minimum absolute atomic E-state index is 0.219. The van der Waals surface area contributed by atoms with Gasteiger partial charge in [-0.3, -0.25) is 0 Å². The maximum atomic E-state index is 13.0. The number of halogens is 2. The van der Waals surface area contributed by atoms with E-state index in [1.165, 1.54) is 12.1 Å². The molecule has 2 rings (SSSR count). The van der Waals surface area contributed by atoms with E-state index in [1.807, 2.05) is 6.07 Å². The predicted octanol–water partition coefficient (Wildman–Crippen LogP) is 3.71. The summed E-state index contributed by atoms with van der Waals surface area (Å²) in [7, 11) is 0. The van der Waals surface area contributed by atoms with Crippen LogP contribution in [0.15, 0.2) is 18.2 Å². The van der Waals surface area contributed by atoms with Crippen LogP contribution >= 0.6 is 33.9 Å². The maximum absolute atomic E-state index is 13.0. The van der Waals surface area contributed by atoms with E-state index in [1.54, 1.807) is 11.3 Å². The van der Waals surface area contributed by atoms with Gasteiger partial charge in [-0.2, -0.15) is 5.26 Å². The fourth-order valence-electron chi connectivity index (χ4n) is 1.29. The second-order valence-electron chi connectivity index (χ2n) is 2.85. The molecule has 0 spiro atoms. The lowest BCUT2D eigenvalue weighted by Crippen LogP contribution is -1.75. The van der Waals surface area contributed by atoms with Crippen LogP contribution in [-0.2, 0) is 6.42 Å². The molecule has 0 bridgehead atoms. The normalized spacial score (nSPS) is 10.4. The monoisotopic (exact) mass is 317 g/mol. The molecule has 0 unspecified atom stereocenters. The largest absolute Gasteiger partial charge is 0.207 e. The van der Waals surface area contributed by atoms with Crippen LogP contribution in [0.3, 0.4) is 0 Å². The molecule has 0 saturated carbocycles. The summed E-state index contributed by atoms with van der Waals surface area (Å²) in [6, 6.07) is 6.99. The van der Waals surface area contributed by atoms with Gasteiger partial charge in [0.15, 0.2) is 0 Å². The third-order valence-electron chi connectivity index (χ3n) is 1.84. The molecule has 0 atom stereocenters. The highest BCUT2D eigenvalue weighted by atomic mass is 127. The summed E-state index contributed by atoms with van der Waals surface area (Å²) in [6.07, 6.45) is 0.400. The van der Waals surface area contributed by atoms with Crippen molar-refractivity contribution in [2.45, 2.75) is 6.42 Å². The molecule has 1 nitrogen and oxygen atoms in total. The first-order chi connectivity index (χ1) is 6.70. The lowest BCUT2D eigenvalue weighted by atomic mass is 10.2. The third-order valence-corrected chi connectivity index (χ3v) is 4.24. The van der Waals surface area contributed by atoms with Crippen LogP contribution in [0.4, 0.5) is 4.39 Å². The van der Waals surface area contributed by atoms with Crippen molar-refractivity contribution in [3.8, 4) is 6.07 Å². The van der Waals surface area contributed by atoms with Crippen molar-refractivity contribution in [2.24, 2.45) is 0 Å². The molecule has 1 aromatic heterocycles. The van der Waals surface area contributed by atoms with Crippen LogP contribution in [-0.4, -0.2) is 0 Å². The van der Waals surface area contributed by atoms with E-state index in [4.69, 9.17) is 5.26 Å². The Morgan fingerprint density at radius 1 is 1.43 bits per heavy atom. The molecule has 0 aliphatic carbocycles. The van der Waals surface area contributed by atoms with Crippen molar-refractivity contribution in [3.63, 3.8) is 0 Å². The number of hydrogen-bond donors (Lipinski definition) is 0. The Morgan fingerprint density at radius 2 is 2.21 bits per heavy atom. The average Bonchev–Trinajstić information content (AvgIpc) is 2.48. The second kappa shape index (κ2) is 3.83. The zero-order valence-corrected chi connectivity index (χ0v) is 10.0. The van der Waals surface area contributed by atoms with Crippen LogP contribution in [0, 0.1) is 20.7 Å². The zero-order chi connectivity index (χ0) is 10.1. The molecule has 0 amide bonds. The van der Waals surface area contributed by atoms with Gasteiger partial charge in [-0.05, 0) is 46.2 Å². The van der Waals surface area contributed by atoms with Gasteiger partial charge < -0.3 is 0 Å². The van der Waals surface area contributed by atoms with Crippen molar-refractivity contribution in [1.29, 1.82) is 5.26 Å². The number of benzene rings is 1. The van der Waals surface area contributed by atoms with Crippen molar-refractivity contribution >= 4 is 44.0 Å². The maximum Gasteiger partial charge on any atom is 0.124 e. The van der Waals surface area contributed by atoms with Crippen molar-refractivity contribution in [3.05, 3.63) is 32.5 Å². The van der Waals surface area contributed by atoms with Crippen LogP contribution in [0.1, 0.15) is 4.88 Å². The van der Waals surface area contributed by atoms with Gasteiger partial charge in [0.05, 0.1) is 12.5 Å². The first-order valence-corrected chi connectivity index (χ1v) is 5.84. The predicted molar refractivity (Wildman–Crippen MR) is 63.8 cm³/mol. The smallest absolute Gasteiger partial charge is 0.124 e. The molecule has 1 heterocycles. The quantitative estimate of drug-likeness (QED) is 0.736. The molecule has 0 N–H and O–H groups in total. The fraction of sp³-hybridized carbons (Fsp3) is 0.100. The van der Waals surface area contributed by atoms with E-state index in [0.717, 1.165) is 18.5 Å². The number of nitriles is 1. The molecular formula is C10H5FINS. The van der Waals surface area contributed by atoms with Gasteiger partial charge in [-0.25, -0.2) is 4.39 Å². The second-order valence-corrected chi connectivity index (χ2v) is 5.15. The Bertz CT molecular complexity index is 527. The molecule has 2 aromatic rings. The number of rotatable bonds is 1. The van der Waals surface area contributed by atoms with Gasteiger partial charge in [0, 0.05) is 13.1 Å². The highest BCUT2D eigenvalue weighted by molar-refractivity contribution is 14.1. The van der Waals surface area contributed by atoms with Gasteiger partial charge in [0.25, 0.3) is 0 Å². The van der Waals surface area contributed by atoms with E-state index < -0.39 is 0 Å². The van der Waals surface area contributed by atoms with Crippen LogP contribution in [0.2, 0.25) is 0 Å². The first kappa shape index (κ1) is 9.87. The Balaban J connectivity index is 2.66. The minimum Gasteiger partial charge on any atom is -0.207 e. The third kappa shape index (κ3) is 1.74. The molecule has 0 aliphatic rings. The Morgan fingerprint density at radius 3 is 2.93 bits per heavy atom. The Labute approximate surface area is 98.3 Å². The molecule has 0 aliphatic heterocycles. The molecule has 14 heavy (non-hydrogen) atoms. The number of thiophene rings is 1. The van der Waals surface area contributed by atoms with Gasteiger partial charge in [0.1, 0.15) is 5.82 Å². The van der Waals surface area contributed by atoms with E-state index in [2.05, 4.69) is 28.7 Å². The topological polar surface area (TPSA) is 23.8 Å². The number of nitrogens with zero attached hydrogens (tertiary/aromatic N) is 1. The van der Waals surface area contributed by atoms with E-state index in [9.17, 15) is 4.39 Å². The number of hydrogen-bond acceptors (Lipinski definition) is 2. The molecule has 0 fully saturated rings.